The number of nitrogens with zero attached hydrogens (tertiary/aromatic N) is 1. The zero-order chi connectivity index (χ0) is 28.7. The molecule has 0 radical (unpaired) electrons. The third-order valence-electron chi connectivity index (χ3n) is 7.10. The van der Waals surface area contributed by atoms with E-state index in [1.807, 2.05) is 31.2 Å². The Morgan fingerprint density at radius 3 is 2.29 bits per heavy atom. The number of H-pyrrole nitrogens is 1. The van der Waals surface area contributed by atoms with Gasteiger partial charge in [-0.25, -0.2) is 4.90 Å². The van der Waals surface area contributed by atoms with Crippen LogP contribution in [0.1, 0.15) is 21.9 Å². The number of aromatic nitrogens is 1. The quantitative estimate of drug-likeness (QED) is 0.304. The van der Waals surface area contributed by atoms with Gasteiger partial charge in [-0.3, -0.25) is 19.2 Å². The number of aryl methyl sites for hydroxylation is 1. The van der Waals surface area contributed by atoms with Crippen LogP contribution in [0.5, 0.6) is 11.5 Å². The Morgan fingerprint density at radius 2 is 1.61 bits per heavy atom. The summed E-state index contributed by atoms with van der Waals surface area (Å²) in [5, 5.41) is 2.72. The number of ether oxygens (including phenoxy) is 2. The van der Waals surface area contributed by atoms with Crippen molar-refractivity contribution in [2.24, 2.45) is 5.92 Å². The maximum Gasteiger partial charge on any atom is 0.305 e. The highest BCUT2D eigenvalue weighted by Crippen LogP contribution is 2.53. The molecule has 208 valence electrons. The predicted octanol–water partition coefficient (Wildman–Crippen LogP) is 4.57. The second-order valence-electron chi connectivity index (χ2n) is 9.73. The van der Waals surface area contributed by atoms with E-state index in [1.165, 1.54) is 16.7 Å². The number of nitrogens with one attached hydrogen (secondary N) is 2. The van der Waals surface area contributed by atoms with Gasteiger partial charge in [0.05, 0.1) is 23.7 Å². The lowest BCUT2D eigenvalue weighted by Gasteiger charge is -2.29. The normalized spacial score (nSPS) is 19.5. The molecule has 3 aromatic carbocycles. The van der Waals surface area contributed by atoms with Crippen LogP contribution in [-0.2, 0) is 14.4 Å². The molecule has 1 saturated heterocycles. The molecule has 3 atom stereocenters. The van der Waals surface area contributed by atoms with Crippen molar-refractivity contribution in [1.82, 2.24) is 4.98 Å². The standard InChI is InChI=1S/C30H25N3O6S2/c1-16-3-9-19(10-4-16)33-28(35)24-23(25-27(32-30(37)41-25)40-26(24)29(33)36)17-5-11-21(12-6-17)39-15-22(34)31-18-7-13-20(38-2)14-8-18/h3-14,23-24,26H,15H2,1-2H3,(H,31,34)(H,32,37)/t23-,24-,26+/m0/s1. The van der Waals surface area contributed by atoms with Crippen LogP contribution in [0.25, 0.3) is 0 Å². The van der Waals surface area contributed by atoms with Gasteiger partial charge < -0.3 is 19.8 Å². The SMILES string of the molecule is COc1ccc(NC(=O)COc2ccc([C@@H]3c4sc(=O)[nH]c4S[C@H]4C(=O)N(c5ccc(C)cc5)C(=O)[C@@H]34)cc2)cc1. The van der Waals surface area contributed by atoms with E-state index in [0.717, 1.165) is 27.3 Å². The van der Waals surface area contributed by atoms with Gasteiger partial charge in [0.25, 0.3) is 5.91 Å². The molecule has 0 unspecified atom stereocenters. The molecule has 2 N–H and O–H groups in total. The Bertz CT molecular complexity index is 1680. The van der Waals surface area contributed by atoms with Crippen molar-refractivity contribution in [1.29, 1.82) is 0 Å². The Kier molecular flexibility index (Phi) is 7.14. The molecule has 0 saturated carbocycles. The first-order chi connectivity index (χ1) is 19.8. The van der Waals surface area contributed by atoms with Gasteiger partial charge in [0, 0.05) is 16.5 Å². The van der Waals surface area contributed by atoms with Gasteiger partial charge in [-0.15, -0.1) is 0 Å². The fourth-order valence-corrected chi connectivity index (χ4v) is 7.63. The van der Waals surface area contributed by atoms with Gasteiger partial charge in [0.1, 0.15) is 16.7 Å². The van der Waals surface area contributed by atoms with Crippen molar-refractivity contribution >= 4 is 52.2 Å². The number of anilines is 2. The number of carbonyl (C=O) groups is 3. The predicted molar refractivity (Wildman–Crippen MR) is 157 cm³/mol. The Hall–Kier alpha value is -4.35. The second kappa shape index (κ2) is 10.9. The Balaban J connectivity index is 1.22. The van der Waals surface area contributed by atoms with Gasteiger partial charge in [-0.1, -0.05) is 52.9 Å². The highest BCUT2D eigenvalue weighted by atomic mass is 32.2. The van der Waals surface area contributed by atoms with Crippen molar-refractivity contribution in [3.8, 4) is 11.5 Å². The zero-order valence-corrected chi connectivity index (χ0v) is 23.7. The fourth-order valence-electron chi connectivity index (χ4n) is 5.12. The van der Waals surface area contributed by atoms with E-state index < -0.39 is 17.1 Å². The summed E-state index contributed by atoms with van der Waals surface area (Å²) in [6, 6.07) is 21.3. The van der Waals surface area contributed by atoms with Crippen LogP contribution in [-0.4, -0.2) is 41.7 Å². The van der Waals surface area contributed by atoms with Crippen LogP contribution < -0.4 is 24.6 Å². The molecule has 1 fully saturated rings. The molecular weight excluding hydrogens is 562 g/mol. The molecule has 3 heterocycles. The first kappa shape index (κ1) is 26.9. The maximum absolute atomic E-state index is 13.8. The van der Waals surface area contributed by atoms with Crippen molar-refractivity contribution in [3.05, 3.63) is 98.5 Å². The molecule has 4 aromatic rings. The van der Waals surface area contributed by atoms with Gasteiger partial charge in [-0.2, -0.15) is 0 Å². The van der Waals surface area contributed by atoms with E-state index in [1.54, 1.807) is 55.6 Å². The molecule has 1 aromatic heterocycles. The first-order valence-corrected chi connectivity index (χ1v) is 14.5. The van der Waals surface area contributed by atoms with Gasteiger partial charge in [0.2, 0.25) is 11.8 Å². The molecule has 0 aliphatic carbocycles. The number of imide groups is 1. The number of thioether (sulfide) groups is 1. The maximum atomic E-state index is 13.8. The number of thiazole rings is 1. The highest BCUT2D eigenvalue weighted by Gasteiger charge is 2.56. The van der Waals surface area contributed by atoms with E-state index in [-0.39, 0.29) is 29.2 Å². The van der Waals surface area contributed by atoms with Gasteiger partial charge >= 0.3 is 4.87 Å². The summed E-state index contributed by atoms with van der Waals surface area (Å²) in [6.45, 7) is 1.75. The Labute approximate surface area is 243 Å². The number of fused-ring (bicyclic) bond motifs is 2. The Morgan fingerprint density at radius 1 is 0.927 bits per heavy atom. The van der Waals surface area contributed by atoms with Crippen molar-refractivity contribution in [2.75, 3.05) is 23.9 Å². The largest absolute Gasteiger partial charge is 0.497 e. The fraction of sp³-hybridized carbons (Fsp3) is 0.200. The summed E-state index contributed by atoms with van der Waals surface area (Å²) in [6.07, 6.45) is 0. The average molecular weight is 588 g/mol. The number of aromatic amines is 1. The number of amides is 3. The van der Waals surface area contributed by atoms with Crippen LogP contribution in [0, 0.1) is 12.8 Å². The lowest BCUT2D eigenvalue weighted by Crippen LogP contribution is -2.32. The van der Waals surface area contributed by atoms with E-state index in [0.29, 0.717) is 27.9 Å². The van der Waals surface area contributed by atoms with E-state index >= 15 is 0 Å². The van der Waals surface area contributed by atoms with Crippen molar-refractivity contribution in [3.63, 3.8) is 0 Å². The van der Waals surface area contributed by atoms with Crippen molar-refractivity contribution in [2.45, 2.75) is 23.1 Å². The number of rotatable bonds is 7. The molecule has 2 aliphatic heterocycles. The molecule has 3 amide bonds. The summed E-state index contributed by atoms with van der Waals surface area (Å²) in [7, 11) is 1.57. The van der Waals surface area contributed by atoms with E-state index in [4.69, 9.17) is 9.47 Å². The summed E-state index contributed by atoms with van der Waals surface area (Å²) in [5.74, 6) is -0.901. The number of hydrogen-bond acceptors (Lipinski definition) is 8. The minimum Gasteiger partial charge on any atom is -0.497 e. The molecule has 0 bridgehead atoms. The number of benzene rings is 3. The molecular formula is C30H25N3O6S2. The third kappa shape index (κ3) is 5.14. The topological polar surface area (TPSA) is 118 Å². The van der Waals surface area contributed by atoms with Crippen LogP contribution in [0.2, 0.25) is 0 Å². The smallest absolute Gasteiger partial charge is 0.305 e. The average Bonchev–Trinajstić information content (AvgIpc) is 3.47. The molecule has 11 heteroatoms. The lowest BCUT2D eigenvalue weighted by atomic mass is 9.83. The lowest BCUT2D eigenvalue weighted by molar-refractivity contribution is -0.122. The number of methoxy groups -OCH3 is 1. The van der Waals surface area contributed by atoms with Crippen molar-refractivity contribution < 1.29 is 23.9 Å². The number of hydrogen-bond donors (Lipinski definition) is 2. The van der Waals surface area contributed by atoms with E-state index in [2.05, 4.69) is 10.3 Å². The molecule has 2 aliphatic rings. The van der Waals surface area contributed by atoms with E-state index in [9.17, 15) is 19.2 Å². The minimum atomic E-state index is -0.671. The summed E-state index contributed by atoms with van der Waals surface area (Å²) in [4.78, 5) is 56.6. The molecule has 0 spiro atoms. The summed E-state index contributed by atoms with van der Waals surface area (Å²) in [5.41, 5.74) is 2.96. The second-order valence-corrected chi connectivity index (χ2v) is 11.9. The third-order valence-corrected chi connectivity index (χ3v) is 9.50. The van der Waals surface area contributed by atoms with Crippen LogP contribution >= 0.6 is 23.1 Å². The first-order valence-electron chi connectivity index (χ1n) is 12.8. The van der Waals surface area contributed by atoms with Crippen LogP contribution in [0.3, 0.4) is 0 Å². The van der Waals surface area contributed by atoms with Gasteiger partial charge in [0.15, 0.2) is 6.61 Å². The molecule has 41 heavy (non-hydrogen) atoms. The monoisotopic (exact) mass is 587 g/mol. The number of carbonyl (C=O) groups excluding carboxylic acids is 3. The van der Waals surface area contributed by atoms with Crippen LogP contribution in [0.4, 0.5) is 11.4 Å². The van der Waals surface area contributed by atoms with Crippen LogP contribution in [0.15, 0.2) is 82.6 Å². The minimum absolute atomic E-state index is 0.196. The molecule has 9 nitrogen and oxygen atoms in total. The zero-order valence-electron chi connectivity index (χ0n) is 22.1. The highest BCUT2D eigenvalue weighted by molar-refractivity contribution is 8.00. The van der Waals surface area contributed by atoms with Gasteiger partial charge in [-0.05, 0) is 61.0 Å². The molecule has 6 rings (SSSR count). The summed E-state index contributed by atoms with van der Waals surface area (Å²) >= 11 is 2.30. The summed E-state index contributed by atoms with van der Waals surface area (Å²) < 4.78 is 10.8.